The number of aliphatic imine (C=N–C) groups is 1. The highest BCUT2D eigenvalue weighted by molar-refractivity contribution is 14.0. The molecule has 0 amide bonds. The van der Waals surface area contributed by atoms with Crippen molar-refractivity contribution < 1.29 is 0 Å². The highest BCUT2D eigenvalue weighted by Gasteiger charge is 2.11. The molecule has 1 aromatic carbocycles. The van der Waals surface area contributed by atoms with Gasteiger partial charge in [0, 0.05) is 19.1 Å². The van der Waals surface area contributed by atoms with Gasteiger partial charge in [-0.2, -0.15) is 0 Å². The van der Waals surface area contributed by atoms with Crippen LogP contribution in [-0.4, -0.2) is 25.1 Å². The summed E-state index contributed by atoms with van der Waals surface area (Å²) in [4.78, 5) is 4.71. The summed E-state index contributed by atoms with van der Waals surface area (Å²) in [6.07, 6.45) is 7.75. The van der Waals surface area contributed by atoms with Gasteiger partial charge < -0.3 is 10.6 Å². The van der Waals surface area contributed by atoms with E-state index >= 15 is 0 Å². The van der Waals surface area contributed by atoms with Gasteiger partial charge in [-0.05, 0) is 37.7 Å². The molecule has 0 fully saturated rings. The number of hydrogen-bond acceptors (Lipinski definition) is 1. The molecular formula is C18H28IN3. The summed E-state index contributed by atoms with van der Waals surface area (Å²) in [5, 5.41) is 6.84. The van der Waals surface area contributed by atoms with Gasteiger partial charge >= 0.3 is 0 Å². The first kappa shape index (κ1) is 19.0. The Morgan fingerprint density at radius 2 is 1.91 bits per heavy atom. The zero-order valence-electron chi connectivity index (χ0n) is 13.6. The average molecular weight is 413 g/mol. The molecule has 0 saturated heterocycles. The standard InChI is InChI=1S/C18H27N3.HI/c1-3-19-18(21-17-11-7-8-12-17)20-14-13-15(2)16-9-5-4-6-10-16;/h4-10,15,17H,3,11-14H2,1-2H3,(H2,19,20,21);1H. The van der Waals surface area contributed by atoms with Crippen molar-refractivity contribution in [2.24, 2.45) is 4.99 Å². The number of hydrogen-bond donors (Lipinski definition) is 2. The van der Waals surface area contributed by atoms with Crippen molar-refractivity contribution in [3.8, 4) is 0 Å². The molecule has 0 saturated carbocycles. The number of halogens is 1. The molecule has 0 radical (unpaired) electrons. The average Bonchev–Trinajstić information content (AvgIpc) is 3.01. The molecule has 22 heavy (non-hydrogen) atoms. The van der Waals surface area contributed by atoms with E-state index in [0.717, 1.165) is 38.3 Å². The van der Waals surface area contributed by atoms with E-state index in [1.165, 1.54) is 5.56 Å². The third kappa shape index (κ3) is 6.38. The molecule has 122 valence electrons. The van der Waals surface area contributed by atoms with Crippen LogP contribution in [0.4, 0.5) is 0 Å². The van der Waals surface area contributed by atoms with E-state index in [1.54, 1.807) is 0 Å². The minimum absolute atomic E-state index is 0. The summed E-state index contributed by atoms with van der Waals surface area (Å²) in [5.41, 5.74) is 1.39. The zero-order chi connectivity index (χ0) is 14.9. The maximum absolute atomic E-state index is 4.71. The minimum Gasteiger partial charge on any atom is -0.357 e. The summed E-state index contributed by atoms with van der Waals surface area (Å²) in [5.74, 6) is 1.50. The summed E-state index contributed by atoms with van der Waals surface area (Å²) in [6, 6.07) is 11.2. The second kappa shape index (κ2) is 10.6. The molecule has 3 nitrogen and oxygen atoms in total. The molecule has 1 aromatic rings. The first-order valence-electron chi connectivity index (χ1n) is 8.04. The summed E-state index contributed by atoms with van der Waals surface area (Å²) >= 11 is 0. The lowest BCUT2D eigenvalue weighted by molar-refractivity contribution is 0.627. The van der Waals surface area contributed by atoms with E-state index in [4.69, 9.17) is 4.99 Å². The van der Waals surface area contributed by atoms with Crippen LogP contribution in [0.15, 0.2) is 47.5 Å². The van der Waals surface area contributed by atoms with E-state index in [2.05, 4.69) is 67.0 Å². The minimum atomic E-state index is 0. The quantitative estimate of drug-likeness (QED) is 0.319. The van der Waals surface area contributed by atoms with Gasteiger partial charge in [0.05, 0.1) is 0 Å². The van der Waals surface area contributed by atoms with Crippen molar-refractivity contribution in [1.82, 2.24) is 10.6 Å². The second-order valence-electron chi connectivity index (χ2n) is 5.65. The molecular weight excluding hydrogens is 385 g/mol. The lowest BCUT2D eigenvalue weighted by atomic mass is 9.98. The smallest absolute Gasteiger partial charge is 0.191 e. The predicted octanol–water partition coefficient (Wildman–Crippen LogP) is 4.07. The van der Waals surface area contributed by atoms with Crippen LogP contribution in [-0.2, 0) is 0 Å². The molecule has 2 rings (SSSR count). The van der Waals surface area contributed by atoms with Crippen LogP contribution >= 0.6 is 24.0 Å². The second-order valence-corrected chi connectivity index (χ2v) is 5.65. The Balaban J connectivity index is 0.00000242. The number of nitrogens with one attached hydrogen (secondary N) is 2. The SMILES string of the molecule is CCNC(=NCCC(C)c1ccccc1)NC1CC=CC1.I. The molecule has 1 unspecified atom stereocenters. The van der Waals surface area contributed by atoms with Gasteiger partial charge in [0.25, 0.3) is 0 Å². The lowest BCUT2D eigenvalue weighted by Gasteiger charge is -2.17. The number of rotatable bonds is 6. The van der Waals surface area contributed by atoms with Crippen molar-refractivity contribution in [1.29, 1.82) is 0 Å². The number of benzene rings is 1. The number of guanidine groups is 1. The lowest BCUT2D eigenvalue weighted by Crippen LogP contribution is -2.42. The third-order valence-electron chi connectivity index (χ3n) is 3.89. The Bertz CT molecular complexity index is 462. The van der Waals surface area contributed by atoms with Gasteiger partial charge in [0.15, 0.2) is 5.96 Å². The topological polar surface area (TPSA) is 36.4 Å². The zero-order valence-corrected chi connectivity index (χ0v) is 15.9. The Labute approximate surface area is 151 Å². The Hall–Kier alpha value is -1.04. The fraction of sp³-hybridized carbons (Fsp3) is 0.500. The van der Waals surface area contributed by atoms with Crippen molar-refractivity contribution in [2.75, 3.05) is 13.1 Å². The Kier molecular flexibility index (Phi) is 9.20. The van der Waals surface area contributed by atoms with E-state index < -0.39 is 0 Å². The first-order chi connectivity index (χ1) is 10.3. The summed E-state index contributed by atoms with van der Waals surface area (Å²) in [7, 11) is 0. The third-order valence-corrected chi connectivity index (χ3v) is 3.89. The van der Waals surface area contributed by atoms with Crippen molar-refractivity contribution in [3.05, 3.63) is 48.0 Å². The molecule has 1 aliphatic carbocycles. The molecule has 4 heteroatoms. The first-order valence-corrected chi connectivity index (χ1v) is 8.04. The largest absolute Gasteiger partial charge is 0.357 e. The van der Waals surface area contributed by atoms with Gasteiger partial charge in [-0.25, -0.2) is 0 Å². The van der Waals surface area contributed by atoms with Gasteiger partial charge in [0.2, 0.25) is 0 Å². The fourth-order valence-corrected chi connectivity index (χ4v) is 2.57. The monoisotopic (exact) mass is 413 g/mol. The van der Waals surface area contributed by atoms with Crippen LogP contribution in [0.25, 0.3) is 0 Å². The molecule has 2 N–H and O–H groups in total. The molecule has 0 bridgehead atoms. The van der Waals surface area contributed by atoms with Crippen LogP contribution in [0.1, 0.15) is 44.6 Å². The predicted molar refractivity (Wildman–Crippen MR) is 106 cm³/mol. The maximum Gasteiger partial charge on any atom is 0.191 e. The summed E-state index contributed by atoms with van der Waals surface area (Å²) < 4.78 is 0. The van der Waals surface area contributed by atoms with Gasteiger partial charge in [0.1, 0.15) is 0 Å². The van der Waals surface area contributed by atoms with Crippen LogP contribution in [0.2, 0.25) is 0 Å². The van der Waals surface area contributed by atoms with Gasteiger partial charge in [-0.15, -0.1) is 24.0 Å². The van der Waals surface area contributed by atoms with E-state index in [0.29, 0.717) is 12.0 Å². The van der Waals surface area contributed by atoms with Crippen molar-refractivity contribution in [3.63, 3.8) is 0 Å². The molecule has 0 heterocycles. The Morgan fingerprint density at radius 3 is 2.55 bits per heavy atom. The van der Waals surface area contributed by atoms with Crippen LogP contribution in [0, 0.1) is 0 Å². The van der Waals surface area contributed by atoms with Gasteiger partial charge in [-0.3, -0.25) is 4.99 Å². The van der Waals surface area contributed by atoms with Crippen LogP contribution in [0.3, 0.4) is 0 Å². The molecule has 1 atom stereocenters. The fourth-order valence-electron chi connectivity index (χ4n) is 2.57. The normalized spacial score (nSPS) is 16.2. The molecule has 1 aliphatic rings. The van der Waals surface area contributed by atoms with Crippen LogP contribution < -0.4 is 10.6 Å². The number of nitrogens with zero attached hydrogens (tertiary/aromatic N) is 1. The molecule has 0 aliphatic heterocycles. The van der Waals surface area contributed by atoms with Crippen molar-refractivity contribution >= 4 is 29.9 Å². The van der Waals surface area contributed by atoms with E-state index in [9.17, 15) is 0 Å². The maximum atomic E-state index is 4.71. The van der Waals surface area contributed by atoms with Crippen molar-refractivity contribution in [2.45, 2.75) is 45.1 Å². The highest BCUT2D eigenvalue weighted by atomic mass is 127. The molecule has 0 aromatic heterocycles. The highest BCUT2D eigenvalue weighted by Crippen LogP contribution is 2.18. The van der Waals surface area contributed by atoms with E-state index in [-0.39, 0.29) is 24.0 Å². The van der Waals surface area contributed by atoms with Crippen LogP contribution in [0.5, 0.6) is 0 Å². The van der Waals surface area contributed by atoms with E-state index in [1.807, 2.05) is 0 Å². The van der Waals surface area contributed by atoms with Gasteiger partial charge in [-0.1, -0.05) is 49.4 Å². The Morgan fingerprint density at radius 1 is 1.23 bits per heavy atom. The summed E-state index contributed by atoms with van der Waals surface area (Å²) in [6.45, 7) is 6.13. The molecule has 0 spiro atoms.